The molecular weight excluding hydrogens is 162 g/mol. The van der Waals surface area contributed by atoms with Crippen molar-refractivity contribution in [2.24, 2.45) is 11.8 Å². The molecule has 1 aliphatic rings. The van der Waals surface area contributed by atoms with Crippen LogP contribution in [0.3, 0.4) is 0 Å². The van der Waals surface area contributed by atoms with Crippen molar-refractivity contribution in [2.75, 3.05) is 13.2 Å². The van der Waals surface area contributed by atoms with Crippen LogP contribution in [0.4, 0.5) is 0 Å². The van der Waals surface area contributed by atoms with Crippen LogP contribution in [0.1, 0.15) is 34.1 Å². The smallest absolute Gasteiger partial charge is 0.0509 e. The lowest BCUT2D eigenvalue weighted by atomic mass is 9.98. The van der Waals surface area contributed by atoms with Crippen LogP contribution in [0, 0.1) is 11.8 Å². The van der Waals surface area contributed by atoms with E-state index in [-0.39, 0.29) is 0 Å². The van der Waals surface area contributed by atoms with Gasteiger partial charge in [0.05, 0.1) is 6.61 Å². The van der Waals surface area contributed by atoms with Gasteiger partial charge in [0.1, 0.15) is 0 Å². The minimum absolute atomic E-state index is 0.597. The van der Waals surface area contributed by atoms with Crippen molar-refractivity contribution in [3.05, 3.63) is 0 Å². The normalized spacial score (nSPS) is 27.9. The minimum Gasteiger partial charge on any atom is -0.381 e. The van der Waals surface area contributed by atoms with E-state index in [1.165, 1.54) is 6.42 Å². The summed E-state index contributed by atoms with van der Waals surface area (Å²) in [6, 6.07) is 1.20. The Morgan fingerprint density at radius 3 is 2.38 bits per heavy atom. The molecule has 0 aromatic carbocycles. The molecule has 0 spiro atoms. The van der Waals surface area contributed by atoms with Crippen LogP contribution in [-0.4, -0.2) is 25.3 Å². The third-order valence-electron chi connectivity index (χ3n) is 3.20. The molecule has 13 heavy (non-hydrogen) atoms. The predicted octanol–water partition coefficient (Wildman–Crippen LogP) is 2.05. The summed E-state index contributed by atoms with van der Waals surface area (Å²) in [5.41, 5.74) is 0. The lowest BCUT2D eigenvalue weighted by Gasteiger charge is -2.26. The van der Waals surface area contributed by atoms with Crippen LogP contribution in [0.15, 0.2) is 0 Å². The third kappa shape index (κ3) is 3.28. The fourth-order valence-electron chi connectivity index (χ4n) is 1.69. The standard InChI is InChI=1S/C11H23NO/c1-8(2)9(3)12-10(4)11-5-6-13-7-11/h8-12H,5-7H2,1-4H3. The largest absolute Gasteiger partial charge is 0.381 e. The van der Waals surface area contributed by atoms with E-state index >= 15 is 0 Å². The number of rotatable bonds is 4. The maximum absolute atomic E-state index is 5.38. The Morgan fingerprint density at radius 2 is 1.92 bits per heavy atom. The Balaban J connectivity index is 2.26. The van der Waals surface area contributed by atoms with E-state index in [4.69, 9.17) is 4.74 Å². The van der Waals surface area contributed by atoms with Crippen LogP contribution in [0.25, 0.3) is 0 Å². The molecule has 2 heteroatoms. The Labute approximate surface area is 82.0 Å². The first-order valence-electron chi connectivity index (χ1n) is 5.45. The van der Waals surface area contributed by atoms with E-state index in [0.29, 0.717) is 18.0 Å². The fourth-order valence-corrected chi connectivity index (χ4v) is 1.69. The van der Waals surface area contributed by atoms with Crippen LogP contribution < -0.4 is 5.32 Å². The Hall–Kier alpha value is -0.0800. The van der Waals surface area contributed by atoms with Crippen LogP contribution in [0.5, 0.6) is 0 Å². The van der Waals surface area contributed by atoms with Gasteiger partial charge in [-0.3, -0.25) is 0 Å². The SMILES string of the molecule is CC(C)C(C)NC(C)C1CCOC1. The van der Waals surface area contributed by atoms with E-state index in [2.05, 4.69) is 33.0 Å². The summed E-state index contributed by atoms with van der Waals surface area (Å²) in [5.74, 6) is 1.44. The summed E-state index contributed by atoms with van der Waals surface area (Å²) in [6.07, 6.45) is 1.22. The Kier molecular flexibility index (Phi) is 4.20. The van der Waals surface area contributed by atoms with Crippen molar-refractivity contribution < 1.29 is 4.74 Å². The molecule has 1 saturated heterocycles. The van der Waals surface area contributed by atoms with Gasteiger partial charge in [0.15, 0.2) is 0 Å². The minimum atomic E-state index is 0.597. The maximum atomic E-state index is 5.38. The van der Waals surface area contributed by atoms with Gasteiger partial charge in [-0.25, -0.2) is 0 Å². The lowest BCUT2D eigenvalue weighted by molar-refractivity contribution is 0.175. The Morgan fingerprint density at radius 1 is 1.23 bits per heavy atom. The Bertz CT molecular complexity index is 141. The maximum Gasteiger partial charge on any atom is 0.0509 e. The van der Waals surface area contributed by atoms with Crippen molar-refractivity contribution >= 4 is 0 Å². The molecule has 3 unspecified atom stereocenters. The molecule has 1 rings (SSSR count). The van der Waals surface area contributed by atoms with Gasteiger partial charge in [-0.05, 0) is 32.1 Å². The number of nitrogens with one attached hydrogen (secondary N) is 1. The summed E-state index contributed by atoms with van der Waals surface area (Å²) in [4.78, 5) is 0. The molecule has 1 heterocycles. The molecule has 78 valence electrons. The molecule has 2 nitrogen and oxygen atoms in total. The third-order valence-corrected chi connectivity index (χ3v) is 3.20. The molecular formula is C11H23NO. The van der Waals surface area contributed by atoms with Gasteiger partial charge in [-0.1, -0.05) is 13.8 Å². The van der Waals surface area contributed by atoms with Gasteiger partial charge < -0.3 is 10.1 Å². The van der Waals surface area contributed by atoms with E-state index in [9.17, 15) is 0 Å². The average Bonchev–Trinajstić information content (AvgIpc) is 2.55. The highest BCUT2D eigenvalue weighted by Gasteiger charge is 2.23. The number of hydrogen-bond donors (Lipinski definition) is 1. The van der Waals surface area contributed by atoms with Crippen molar-refractivity contribution in [1.29, 1.82) is 0 Å². The second-order valence-electron chi connectivity index (χ2n) is 4.61. The van der Waals surface area contributed by atoms with Crippen LogP contribution >= 0.6 is 0 Å². The summed E-state index contributed by atoms with van der Waals surface area (Å²) in [6.45, 7) is 11.0. The highest BCUT2D eigenvalue weighted by Crippen LogP contribution is 2.17. The van der Waals surface area contributed by atoms with Gasteiger partial charge in [0, 0.05) is 18.7 Å². The zero-order valence-corrected chi connectivity index (χ0v) is 9.34. The number of ether oxygens (including phenoxy) is 1. The molecule has 0 bridgehead atoms. The van der Waals surface area contributed by atoms with Crippen molar-refractivity contribution in [1.82, 2.24) is 5.32 Å². The van der Waals surface area contributed by atoms with Gasteiger partial charge in [0.25, 0.3) is 0 Å². The molecule has 0 amide bonds. The lowest BCUT2D eigenvalue weighted by Crippen LogP contribution is -2.42. The molecule has 3 atom stereocenters. The second-order valence-corrected chi connectivity index (χ2v) is 4.61. The second kappa shape index (κ2) is 4.97. The van der Waals surface area contributed by atoms with Gasteiger partial charge in [0.2, 0.25) is 0 Å². The topological polar surface area (TPSA) is 21.3 Å². The highest BCUT2D eigenvalue weighted by atomic mass is 16.5. The van der Waals surface area contributed by atoms with Crippen molar-refractivity contribution in [2.45, 2.75) is 46.2 Å². The molecule has 0 aromatic heterocycles. The van der Waals surface area contributed by atoms with Crippen LogP contribution in [0.2, 0.25) is 0 Å². The highest BCUT2D eigenvalue weighted by molar-refractivity contribution is 4.78. The van der Waals surface area contributed by atoms with Crippen molar-refractivity contribution in [3.63, 3.8) is 0 Å². The quantitative estimate of drug-likeness (QED) is 0.723. The average molecular weight is 185 g/mol. The first-order valence-corrected chi connectivity index (χ1v) is 5.45. The molecule has 1 fully saturated rings. The van der Waals surface area contributed by atoms with Crippen LogP contribution in [-0.2, 0) is 4.74 Å². The zero-order chi connectivity index (χ0) is 9.84. The van der Waals surface area contributed by atoms with E-state index in [1.54, 1.807) is 0 Å². The molecule has 0 aliphatic carbocycles. The monoisotopic (exact) mass is 185 g/mol. The molecule has 1 N–H and O–H groups in total. The number of hydrogen-bond acceptors (Lipinski definition) is 2. The van der Waals surface area contributed by atoms with E-state index < -0.39 is 0 Å². The summed E-state index contributed by atoms with van der Waals surface area (Å²) in [7, 11) is 0. The van der Waals surface area contributed by atoms with Gasteiger partial charge in [-0.2, -0.15) is 0 Å². The first kappa shape index (κ1) is 11.0. The fraction of sp³-hybridized carbons (Fsp3) is 1.00. The van der Waals surface area contributed by atoms with Crippen molar-refractivity contribution in [3.8, 4) is 0 Å². The summed E-state index contributed by atoms with van der Waals surface area (Å²) < 4.78 is 5.38. The van der Waals surface area contributed by atoms with Gasteiger partial charge in [-0.15, -0.1) is 0 Å². The molecule has 0 radical (unpaired) electrons. The first-order chi connectivity index (χ1) is 6.11. The summed E-state index contributed by atoms with van der Waals surface area (Å²) in [5, 5.41) is 3.64. The predicted molar refractivity (Wildman–Crippen MR) is 55.8 cm³/mol. The molecule has 0 aromatic rings. The molecule has 0 saturated carbocycles. The van der Waals surface area contributed by atoms with E-state index in [0.717, 1.165) is 19.1 Å². The molecule has 1 aliphatic heterocycles. The zero-order valence-electron chi connectivity index (χ0n) is 9.34. The summed E-state index contributed by atoms with van der Waals surface area (Å²) >= 11 is 0. The van der Waals surface area contributed by atoms with Gasteiger partial charge >= 0.3 is 0 Å². The van der Waals surface area contributed by atoms with E-state index in [1.807, 2.05) is 0 Å².